The lowest BCUT2D eigenvalue weighted by Gasteiger charge is -2.19. The minimum atomic E-state index is -4.95. The smallest absolute Gasteiger partial charge is 0.403 e. The molecule has 0 spiro atoms. The van der Waals surface area contributed by atoms with Crippen LogP contribution < -0.4 is 15.5 Å². The molecule has 0 bridgehead atoms. The quantitative estimate of drug-likeness (QED) is 0.775. The summed E-state index contributed by atoms with van der Waals surface area (Å²) in [6.45, 7) is 1.90. The number of anilines is 2. The normalized spacial score (nSPS) is 17.1. The number of ether oxygens (including phenoxy) is 1. The maximum absolute atomic E-state index is 13.7. The molecule has 0 unspecified atom stereocenters. The van der Waals surface area contributed by atoms with Gasteiger partial charge in [-0.2, -0.15) is 5.10 Å². The standard InChI is InChI=1S/C18H15F4N3O2/c1-10-8-16(26)24-25-17(10)11-2-4-12(5-3-11)23-13-6-7-15(14(19)9-13)27-18(20,21)22/h2-7,9-10,23H,8H2,1H3,(H,24,26)/t10-/m1/s1. The first-order valence-corrected chi connectivity index (χ1v) is 8.00. The number of carbonyl (C=O) groups excluding carboxylic acids is 1. The van der Waals surface area contributed by atoms with Crippen molar-refractivity contribution in [2.75, 3.05) is 5.32 Å². The van der Waals surface area contributed by atoms with Gasteiger partial charge < -0.3 is 10.1 Å². The van der Waals surface area contributed by atoms with E-state index in [1.807, 2.05) is 6.92 Å². The average Bonchev–Trinajstić information content (AvgIpc) is 2.57. The number of alkyl halides is 3. The number of hydrogen-bond acceptors (Lipinski definition) is 4. The number of rotatable bonds is 4. The summed E-state index contributed by atoms with van der Waals surface area (Å²) in [6, 6.07) is 10.1. The van der Waals surface area contributed by atoms with Crippen molar-refractivity contribution in [2.45, 2.75) is 19.7 Å². The van der Waals surface area contributed by atoms with Crippen LogP contribution in [-0.2, 0) is 4.79 Å². The number of benzene rings is 2. The Hall–Kier alpha value is -3.10. The van der Waals surface area contributed by atoms with Crippen molar-refractivity contribution in [3.63, 3.8) is 0 Å². The summed E-state index contributed by atoms with van der Waals surface area (Å²) in [5.74, 6) is -2.18. The lowest BCUT2D eigenvalue weighted by atomic mass is 9.94. The van der Waals surface area contributed by atoms with E-state index < -0.39 is 17.9 Å². The molecule has 2 aromatic carbocycles. The van der Waals surface area contributed by atoms with Crippen molar-refractivity contribution in [1.82, 2.24) is 5.43 Å². The Kier molecular flexibility index (Phi) is 5.02. The van der Waals surface area contributed by atoms with Gasteiger partial charge in [0.05, 0.1) is 5.71 Å². The lowest BCUT2D eigenvalue weighted by molar-refractivity contribution is -0.275. The molecule has 1 aliphatic rings. The van der Waals surface area contributed by atoms with Crippen LogP contribution in [0.5, 0.6) is 5.75 Å². The van der Waals surface area contributed by atoms with Gasteiger partial charge in [0.1, 0.15) is 0 Å². The molecule has 0 aliphatic carbocycles. The number of halogens is 4. The Labute approximate surface area is 152 Å². The SMILES string of the molecule is C[C@@H]1CC(=O)NN=C1c1ccc(Nc2ccc(OC(F)(F)F)c(F)c2)cc1. The van der Waals surface area contributed by atoms with E-state index in [4.69, 9.17) is 0 Å². The molecule has 2 N–H and O–H groups in total. The second kappa shape index (κ2) is 7.26. The van der Waals surface area contributed by atoms with Gasteiger partial charge in [-0.05, 0) is 29.8 Å². The van der Waals surface area contributed by atoms with Gasteiger partial charge >= 0.3 is 6.36 Å². The highest BCUT2D eigenvalue weighted by molar-refractivity contribution is 6.05. The van der Waals surface area contributed by atoms with Crippen molar-refractivity contribution in [1.29, 1.82) is 0 Å². The summed E-state index contributed by atoms with van der Waals surface area (Å²) in [7, 11) is 0. The molecule has 9 heteroatoms. The minimum absolute atomic E-state index is 0.0205. The fourth-order valence-electron chi connectivity index (χ4n) is 2.68. The summed E-state index contributed by atoms with van der Waals surface area (Å²) in [6.07, 6.45) is -4.60. The van der Waals surface area contributed by atoms with Gasteiger partial charge in [0.25, 0.3) is 0 Å². The van der Waals surface area contributed by atoms with Crippen LogP contribution in [0.4, 0.5) is 28.9 Å². The summed E-state index contributed by atoms with van der Waals surface area (Å²) in [5, 5.41) is 6.96. The number of hydrazone groups is 1. The van der Waals surface area contributed by atoms with Crippen LogP contribution in [0.2, 0.25) is 0 Å². The molecule has 1 heterocycles. The Morgan fingerprint density at radius 1 is 1.15 bits per heavy atom. The molecule has 0 saturated carbocycles. The third kappa shape index (κ3) is 4.75. The third-order valence-corrected chi connectivity index (χ3v) is 3.89. The topological polar surface area (TPSA) is 62.7 Å². The molecule has 0 radical (unpaired) electrons. The summed E-state index contributed by atoms with van der Waals surface area (Å²) >= 11 is 0. The van der Waals surface area contributed by atoms with Crippen LogP contribution in [0, 0.1) is 11.7 Å². The van der Waals surface area contributed by atoms with Crippen LogP contribution >= 0.6 is 0 Å². The number of nitrogens with one attached hydrogen (secondary N) is 2. The molecule has 0 fully saturated rings. The predicted octanol–water partition coefficient (Wildman–Crippen LogP) is 4.33. The average molecular weight is 381 g/mol. The molecule has 3 rings (SSSR count). The highest BCUT2D eigenvalue weighted by Gasteiger charge is 2.32. The zero-order chi connectivity index (χ0) is 19.6. The Morgan fingerprint density at radius 2 is 1.81 bits per heavy atom. The first-order chi connectivity index (χ1) is 12.7. The maximum atomic E-state index is 13.7. The zero-order valence-electron chi connectivity index (χ0n) is 14.1. The van der Waals surface area contributed by atoms with Crippen LogP contribution in [0.3, 0.4) is 0 Å². The first-order valence-electron chi connectivity index (χ1n) is 8.00. The van der Waals surface area contributed by atoms with Crippen molar-refractivity contribution in [3.05, 3.63) is 53.8 Å². The van der Waals surface area contributed by atoms with E-state index in [0.717, 1.165) is 23.4 Å². The summed E-state index contributed by atoms with van der Waals surface area (Å²) in [5.41, 5.74) is 4.90. The molecule has 0 saturated heterocycles. The third-order valence-electron chi connectivity index (χ3n) is 3.89. The number of hydrogen-bond donors (Lipinski definition) is 2. The van der Waals surface area contributed by atoms with Crippen LogP contribution in [0.1, 0.15) is 18.9 Å². The fourth-order valence-corrected chi connectivity index (χ4v) is 2.68. The van der Waals surface area contributed by atoms with Gasteiger partial charge in [0.2, 0.25) is 5.91 Å². The maximum Gasteiger partial charge on any atom is 0.573 e. The van der Waals surface area contributed by atoms with Gasteiger partial charge in [-0.25, -0.2) is 9.82 Å². The number of amides is 1. The van der Waals surface area contributed by atoms with E-state index in [1.54, 1.807) is 24.3 Å². The summed E-state index contributed by atoms with van der Waals surface area (Å²) < 4.78 is 53.9. The second-order valence-corrected chi connectivity index (χ2v) is 6.03. The van der Waals surface area contributed by atoms with Gasteiger partial charge in [-0.15, -0.1) is 13.2 Å². The Balaban J connectivity index is 1.72. The fraction of sp³-hybridized carbons (Fsp3) is 0.222. The van der Waals surface area contributed by atoms with E-state index in [0.29, 0.717) is 12.1 Å². The molecule has 2 aromatic rings. The second-order valence-electron chi connectivity index (χ2n) is 6.03. The molecule has 1 amide bonds. The Morgan fingerprint density at radius 3 is 2.41 bits per heavy atom. The van der Waals surface area contributed by atoms with E-state index in [-0.39, 0.29) is 17.5 Å². The minimum Gasteiger partial charge on any atom is -0.403 e. The summed E-state index contributed by atoms with van der Waals surface area (Å²) in [4.78, 5) is 11.3. The van der Waals surface area contributed by atoms with Crippen molar-refractivity contribution in [2.24, 2.45) is 11.0 Å². The molecule has 0 aromatic heterocycles. The van der Waals surface area contributed by atoms with Crippen LogP contribution in [0.25, 0.3) is 0 Å². The number of carbonyl (C=O) groups is 1. The largest absolute Gasteiger partial charge is 0.573 e. The van der Waals surface area contributed by atoms with E-state index in [1.165, 1.54) is 6.07 Å². The monoisotopic (exact) mass is 381 g/mol. The van der Waals surface area contributed by atoms with Crippen molar-refractivity contribution in [3.8, 4) is 5.75 Å². The van der Waals surface area contributed by atoms with E-state index in [9.17, 15) is 22.4 Å². The molecule has 5 nitrogen and oxygen atoms in total. The predicted molar refractivity (Wildman–Crippen MR) is 91.3 cm³/mol. The van der Waals surface area contributed by atoms with E-state index in [2.05, 4.69) is 20.6 Å². The number of nitrogens with zero attached hydrogens (tertiary/aromatic N) is 1. The highest BCUT2D eigenvalue weighted by atomic mass is 19.4. The van der Waals surface area contributed by atoms with Crippen molar-refractivity contribution >= 4 is 23.0 Å². The molecular formula is C18H15F4N3O2. The first kappa shape index (κ1) is 18.7. The van der Waals surface area contributed by atoms with Gasteiger partial charge in [0, 0.05) is 29.8 Å². The van der Waals surface area contributed by atoms with Crippen LogP contribution in [0.15, 0.2) is 47.6 Å². The molecule has 142 valence electrons. The lowest BCUT2D eigenvalue weighted by Crippen LogP contribution is -2.31. The molecule has 1 atom stereocenters. The zero-order valence-corrected chi connectivity index (χ0v) is 14.1. The molecule has 27 heavy (non-hydrogen) atoms. The van der Waals surface area contributed by atoms with Crippen LogP contribution in [-0.4, -0.2) is 18.0 Å². The Bertz CT molecular complexity index is 879. The van der Waals surface area contributed by atoms with Gasteiger partial charge in [0.15, 0.2) is 11.6 Å². The van der Waals surface area contributed by atoms with Gasteiger partial charge in [-0.3, -0.25) is 4.79 Å². The highest BCUT2D eigenvalue weighted by Crippen LogP contribution is 2.29. The van der Waals surface area contributed by atoms with E-state index >= 15 is 0 Å². The molecule has 1 aliphatic heterocycles. The molecular weight excluding hydrogens is 366 g/mol. The van der Waals surface area contributed by atoms with Crippen molar-refractivity contribution < 1.29 is 27.1 Å². The van der Waals surface area contributed by atoms with Gasteiger partial charge in [-0.1, -0.05) is 19.1 Å².